The highest BCUT2D eigenvalue weighted by molar-refractivity contribution is 7.88. The zero-order valence-corrected chi connectivity index (χ0v) is 14.6. The lowest BCUT2D eigenvalue weighted by Gasteiger charge is -2.34. The summed E-state index contributed by atoms with van der Waals surface area (Å²) >= 11 is 0. The second kappa shape index (κ2) is 7.92. The molecule has 1 fully saturated rings. The number of nitrogens with one attached hydrogen (secondary N) is 2. The Kier molecular flexibility index (Phi) is 6.80. The zero-order chi connectivity index (χ0) is 16.9. The zero-order valence-electron chi connectivity index (χ0n) is 13.8. The van der Waals surface area contributed by atoms with Gasteiger partial charge in [0.05, 0.1) is 6.26 Å². The number of likely N-dealkylation sites (tertiary alicyclic amines) is 1. The van der Waals surface area contributed by atoms with Crippen molar-refractivity contribution in [1.82, 2.24) is 14.9 Å². The number of hydrogen-bond acceptors (Lipinski definition) is 4. The third-order valence-electron chi connectivity index (χ3n) is 3.79. The molecule has 8 heteroatoms. The Bertz CT molecular complexity index is 496. The molecule has 0 unspecified atom stereocenters. The fraction of sp³-hybridized carbons (Fsp3) is 0.857. The summed E-state index contributed by atoms with van der Waals surface area (Å²) in [5.74, 6) is -0.0679. The molecular weight excluding hydrogens is 306 g/mol. The van der Waals surface area contributed by atoms with Gasteiger partial charge < -0.3 is 10.2 Å². The van der Waals surface area contributed by atoms with Crippen molar-refractivity contribution in [2.75, 3.05) is 26.4 Å². The van der Waals surface area contributed by atoms with Crippen molar-refractivity contribution in [3.63, 3.8) is 0 Å². The van der Waals surface area contributed by atoms with Crippen molar-refractivity contribution in [1.29, 1.82) is 0 Å². The molecule has 1 aliphatic rings. The van der Waals surface area contributed by atoms with Gasteiger partial charge in [0, 0.05) is 26.1 Å². The molecule has 1 saturated heterocycles. The Labute approximate surface area is 132 Å². The van der Waals surface area contributed by atoms with Gasteiger partial charge in [0.15, 0.2) is 0 Å². The molecule has 1 aliphatic heterocycles. The summed E-state index contributed by atoms with van der Waals surface area (Å²) in [6, 6.07) is -0.730. The molecule has 0 saturated carbocycles. The van der Waals surface area contributed by atoms with Crippen LogP contribution in [0.3, 0.4) is 0 Å². The van der Waals surface area contributed by atoms with Gasteiger partial charge in [0.2, 0.25) is 21.8 Å². The normalized spacial score (nSPS) is 18.3. The number of rotatable bonds is 6. The van der Waals surface area contributed by atoms with Crippen molar-refractivity contribution in [2.24, 2.45) is 11.8 Å². The van der Waals surface area contributed by atoms with E-state index in [4.69, 9.17) is 0 Å². The third-order valence-corrected chi connectivity index (χ3v) is 4.50. The van der Waals surface area contributed by atoms with Crippen molar-refractivity contribution >= 4 is 21.8 Å². The Morgan fingerprint density at radius 3 is 2.18 bits per heavy atom. The van der Waals surface area contributed by atoms with Crippen LogP contribution < -0.4 is 10.0 Å². The van der Waals surface area contributed by atoms with Crippen LogP contribution in [0.25, 0.3) is 0 Å². The van der Waals surface area contributed by atoms with Crippen LogP contribution in [-0.4, -0.2) is 57.6 Å². The van der Waals surface area contributed by atoms with Gasteiger partial charge in [0.1, 0.15) is 6.04 Å². The molecule has 0 bridgehead atoms. The predicted octanol–water partition coefficient (Wildman–Crippen LogP) is -0.0651. The van der Waals surface area contributed by atoms with Crippen LogP contribution in [0.4, 0.5) is 0 Å². The first-order valence-corrected chi connectivity index (χ1v) is 9.51. The Morgan fingerprint density at radius 1 is 1.23 bits per heavy atom. The summed E-state index contributed by atoms with van der Waals surface area (Å²) in [4.78, 5) is 25.8. The molecular formula is C14H27N3O4S. The number of hydrogen-bond donors (Lipinski definition) is 2. The maximum absolute atomic E-state index is 12.6. The van der Waals surface area contributed by atoms with Crippen molar-refractivity contribution in [2.45, 2.75) is 39.2 Å². The molecule has 7 nitrogen and oxygen atoms in total. The molecule has 0 aliphatic carbocycles. The maximum atomic E-state index is 12.6. The molecule has 0 spiro atoms. The van der Waals surface area contributed by atoms with Crippen LogP contribution in [0.2, 0.25) is 0 Å². The third kappa shape index (κ3) is 5.92. The lowest BCUT2D eigenvalue weighted by atomic mass is 9.95. The predicted molar refractivity (Wildman–Crippen MR) is 84.6 cm³/mol. The molecule has 2 N–H and O–H groups in total. The van der Waals surface area contributed by atoms with Gasteiger partial charge in [-0.05, 0) is 25.2 Å². The van der Waals surface area contributed by atoms with Gasteiger partial charge in [-0.25, -0.2) is 13.1 Å². The quantitative estimate of drug-likeness (QED) is 0.711. The van der Waals surface area contributed by atoms with Gasteiger partial charge in [-0.15, -0.1) is 0 Å². The number of carbonyl (C=O) groups excluding carboxylic acids is 2. The van der Waals surface area contributed by atoms with E-state index in [0.29, 0.717) is 32.4 Å². The van der Waals surface area contributed by atoms with E-state index in [9.17, 15) is 18.0 Å². The van der Waals surface area contributed by atoms with E-state index in [2.05, 4.69) is 10.0 Å². The summed E-state index contributed by atoms with van der Waals surface area (Å²) in [6.45, 7) is 4.86. The van der Waals surface area contributed by atoms with Gasteiger partial charge in [-0.2, -0.15) is 0 Å². The Balaban J connectivity index is 2.69. The monoisotopic (exact) mass is 333 g/mol. The van der Waals surface area contributed by atoms with E-state index in [1.165, 1.54) is 0 Å². The summed E-state index contributed by atoms with van der Waals surface area (Å²) < 4.78 is 25.3. The summed E-state index contributed by atoms with van der Waals surface area (Å²) in [7, 11) is -1.84. The van der Waals surface area contributed by atoms with Gasteiger partial charge in [-0.3, -0.25) is 9.59 Å². The second-order valence-corrected chi connectivity index (χ2v) is 8.07. The molecule has 2 amide bonds. The molecule has 0 radical (unpaired) electrons. The van der Waals surface area contributed by atoms with E-state index in [-0.39, 0.29) is 23.7 Å². The second-order valence-electron chi connectivity index (χ2n) is 6.29. The number of nitrogens with zero attached hydrogens (tertiary/aromatic N) is 1. The van der Waals surface area contributed by atoms with Crippen LogP contribution in [-0.2, 0) is 19.6 Å². The fourth-order valence-electron chi connectivity index (χ4n) is 2.72. The van der Waals surface area contributed by atoms with Gasteiger partial charge in [-0.1, -0.05) is 13.8 Å². The molecule has 128 valence electrons. The largest absolute Gasteiger partial charge is 0.359 e. The van der Waals surface area contributed by atoms with E-state index < -0.39 is 16.1 Å². The van der Waals surface area contributed by atoms with Crippen molar-refractivity contribution < 1.29 is 18.0 Å². The lowest BCUT2D eigenvalue weighted by molar-refractivity contribution is -0.137. The van der Waals surface area contributed by atoms with Crippen LogP contribution in [0.15, 0.2) is 0 Å². The lowest BCUT2D eigenvalue weighted by Crippen LogP contribution is -2.51. The number of amides is 2. The number of carbonyl (C=O) groups is 2. The number of sulfonamides is 1. The summed E-state index contributed by atoms with van der Waals surface area (Å²) in [6.07, 6.45) is 2.74. The molecule has 1 heterocycles. The van der Waals surface area contributed by atoms with Crippen molar-refractivity contribution in [3.05, 3.63) is 0 Å². The molecule has 0 aromatic heterocycles. The average Bonchev–Trinajstić information content (AvgIpc) is 2.43. The first kappa shape index (κ1) is 18.9. The SMILES string of the molecule is CNC(=O)C1CCN(C(=O)[C@@H](CC(C)C)NS(C)(=O)=O)CC1. The smallest absolute Gasteiger partial charge is 0.240 e. The molecule has 0 aromatic carbocycles. The molecule has 1 rings (SSSR count). The van der Waals surface area contributed by atoms with Crippen LogP contribution in [0, 0.1) is 11.8 Å². The van der Waals surface area contributed by atoms with E-state index in [0.717, 1.165) is 6.26 Å². The highest BCUT2D eigenvalue weighted by Crippen LogP contribution is 2.19. The minimum absolute atomic E-state index is 0.0000837. The van der Waals surface area contributed by atoms with E-state index >= 15 is 0 Å². The first-order chi connectivity index (χ1) is 10.1. The molecule has 0 aromatic rings. The topological polar surface area (TPSA) is 95.6 Å². The van der Waals surface area contributed by atoms with Crippen LogP contribution in [0.1, 0.15) is 33.1 Å². The molecule has 22 heavy (non-hydrogen) atoms. The van der Waals surface area contributed by atoms with Gasteiger partial charge >= 0.3 is 0 Å². The standard InChI is InChI=1S/C14H27N3O4S/c1-10(2)9-12(16-22(4,20)21)14(19)17-7-5-11(6-8-17)13(18)15-3/h10-12,16H,5-9H2,1-4H3,(H,15,18)/t12-/m1/s1. The fourth-order valence-corrected chi connectivity index (χ4v) is 3.43. The summed E-state index contributed by atoms with van der Waals surface area (Å²) in [5.41, 5.74) is 0. The van der Waals surface area contributed by atoms with E-state index in [1.807, 2.05) is 13.8 Å². The van der Waals surface area contributed by atoms with E-state index in [1.54, 1.807) is 11.9 Å². The van der Waals surface area contributed by atoms with Crippen LogP contribution in [0.5, 0.6) is 0 Å². The van der Waals surface area contributed by atoms with Crippen LogP contribution >= 0.6 is 0 Å². The minimum Gasteiger partial charge on any atom is -0.359 e. The molecule has 1 atom stereocenters. The van der Waals surface area contributed by atoms with Gasteiger partial charge in [0.25, 0.3) is 0 Å². The van der Waals surface area contributed by atoms with Crippen molar-refractivity contribution in [3.8, 4) is 0 Å². The first-order valence-electron chi connectivity index (χ1n) is 7.61. The minimum atomic E-state index is -3.44. The summed E-state index contributed by atoms with van der Waals surface area (Å²) in [5, 5.41) is 2.62. The highest BCUT2D eigenvalue weighted by atomic mass is 32.2. The Hall–Kier alpha value is -1.15. The number of piperidine rings is 1. The highest BCUT2D eigenvalue weighted by Gasteiger charge is 2.32. The Morgan fingerprint density at radius 2 is 1.77 bits per heavy atom. The maximum Gasteiger partial charge on any atom is 0.240 e. The average molecular weight is 333 g/mol.